The summed E-state index contributed by atoms with van der Waals surface area (Å²) in [4.78, 5) is 16.6. The molecule has 0 aliphatic carbocycles. The SMILES string of the molecule is Cc1ccnc(Nc2cccc(-c3cnc(-c4ccc5[nH]ccc5c4)o3)n2)c1. The lowest BCUT2D eigenvalue weighted by Gasteiger charge is -2.06. The normalized spacial score (nSPS) is 11.0. The molecule has 0 aliphatic heterocycles. The summed E-state index contributed by atoms with van der Waals surface area (Å²) in [6.07, 6.45) is 5.39. The Bertz CT molecular complexity index is 1270. The number of nitrogens with one attached hydrogen (secondary N) is 2. The van der Waals surface area contributed by atoms with Gasteiger partial charge >= 0.3 is 0 Å². The maximum Gasteiger partial charge on any atom is 0.226 e. The second kappa shape index (κ2) is 6.66. The summed E-state index contributed by atoms with van der Waals surface area (Å²) < 4.78 is 5.98. The number of aromatic nitrogens is 4. The molecule has 0 bridgehead atoms. The second-order valence-electron chi connectivity index (χ2n) is 6.56. The van der Waals surface area contributed by atoms with E-state index < -0.39 is 0 Å². The van der Waals surface area contributed by atoms with Crippen molar-refractivity contribution in [1.29, 1.82) is 0 Å². The van der Waals surface area contributed by atoms with Crippen LogP contribution in [0.25, 0.3) is 33.8 Å². The van der Waals surface area contributed by atoms with Crippen molar-refractivity contribution in [2.75, 3.05) is 5.32 Å². The highest BCUT2D eigenvalue weighted by molar-refractivity contribution is 5.83. The van der Waals surface area contributed by atoms with Crippen LogP contribution in [0.1, 0.15) is 5.56 Å². The van der Waals surface area contributed by atoms with Crippen LogP contribution in [0.5, 0.6) is 0 Å². The summed E-state index contributed by atoms with van der Waals surface area (Å²) in [5.41, 5.74) is 3.85. The first kappa shape index (κ1) is 16.3. The molecular weight excluding hydrogens is 350 g/mol. The van der Waals surface area contributed by atoms with Crippen LogP contribution < -0.4 is 5.32 Å². The number of nitrogens with zero attached hydrogens (tertiary/aromatic N) is 3. The molecule has 6 nitrogen and oxygen atoms in total. The van der Waals surface area contributed by atoms with E-state index in [0.29, 0.717) is 23.2 Å². The Labute approximate surface area is 161 Å². The summed E-state index contributed by atoms with van der Waals surface area (Å²) in [5.74, 6) is 2.63. The first-order valence-corrected chi connectivity index (χ1v) is 8.95. The molecule has 0 atom stereocenters. The molecule has 0 saturated carbocycles. The van der Waals surface area contributed by atoms with Crippen molar-refractivity contribution in [1.82, 2.24) is 19.9 Å². The van der Waals surface area contributed by atoms with E-state index in [1.807, 2.05) is 61.7 Å². The van der Waals surface area contributed by atoms with E-state index in [1.165, 1.54) is 0 Å². The molecular formula is C22H17N5O. The molecule has 0 spiro atoms. The summed E-state index contributed by atoms with van der Waals surface area (Å²) in [6, 6.07) is 17.7. The molecule has 4 aromatic heterocycles. The Hall–Kier alpha value is -3.93. The van der Waals surface area contributed by atoms with E-state index in [2.05, 4.69) is 31.3 Å². The molecule has 0 aliphatic rings. The van der Waals surface area contributed by atoms with Gasteiger partial charge in [-0.15, -0.1) is 0 Å². The number of hydrogen-bond acceptors (Lipinski definition) is 5. The minimum Gasteiger partial charge on any atom is -0.434 e. The van der Waals surface area contributed by atoms with Gasteiger partial charge in [0.25, 0.3) is 0 Å². The van der Waals surface area contributed by atoms with E-state index in [4.69, 9.17) is 4.42 Å². The molecule has 28 heavy (non-hydrogen) atoms. The Morgan fingerprint density at radius 3 is 2.86 bits per heavy atom. The van der Waals surface area contributed by atoms with Crippen molar-refractivity contribution >= 4 is 22.5 Å². The van der Waals surface area contributed by atoms with E-state index in [-0.39, 0.29) is 0 Å². The van der Waals surface area contributed by atoms with Crippen molar-refractivity contribution in [3.8, 4) is 22.9 Å². The van der Waals surface area contributed by atoms with Crippen LogP contribution in [0.4, 0.5) is 11.6 Å². The van der Waals surface area contributed by atoms with Gasteiger partial charge in [0.05, 0.1) is 6.20 Å². The van der Waals surface area contributed by atoms with E-state index in [0.717, 1.165) is 27.8 Å². The average molecular weight is 367 g/mol. The van der Waals surface area contributed by atoms with E-state index in [1.54, 1.807) is 12.4 Å². The van der Waals surface area contributed by atoms with Crippen LogP contribution in [-0.4, -0.2) is 19.9 Å². The van der Waals surface area contributed by atoms with E-state index >= 15 is 0 Å². The van der Waals surface area contributed by atoms with Gasteiger partial charge in [0.2, 0.25) is 5.89 Å². The number of oxazole rings is 1. The third-order valence-electron chi connectivity index (χ3n) is 4.48. The number of benzene rings is 1. The lowest BCUT2D eigenvalue weighted by molar-refractivity contribution is 0.587. The molecule has 6 heteroatoms. The summed E-state index contributed by atoms with van der Waals surface area (Å²) >= 11 is 0. The minimum absolute atomic E-state index is 0.568. The number of aryl methyl sites for hydroxylation is 1. The van der Waals surface area contributed by atoms with Gasteiger partial charge in [-0.3, -0.25) is 0 Å². The predicted molar refractivity (Wildman–Crippen MR) is 109 cm³/mol. The number of pyridine rings is 2. The van der Waals surface area contributed by atoms with Gasteiger partial charge in [-0.1, -0.05) is 6.07 Å². The van der Waals surface area contributed by atoms with Crippen LogP contribution in [0, 0.1) is 6.92 Å². The molecule has 1 aromatic carbocycles. The van der Waals surface area contributed by atoms with Crippen LogP contribution in [-0.2, 0) is 0 Å². The van der Waals surface area contributed by atoms with Crippen LogP contribution in [0.15, 0.2) is 77.6 Å². The lowest BCUT2D eigenvalue weighted by Crippen LogP contribution is -1.96. The number of anilines is 2. The van der Waals surface area contributed by atoms with Gasteiger partial charge in [-0.25, -0.2) is 15.0 Å². The predicted octanol–water partition coefficient (Wildman–Crippen LogP) is 5.33. The summed E-state index contributed by atoms with van der Waals surface area (Å²) in [5, 5.41) is 4.34. The van der Waals surface area contributed by atoms with Crippen molar-refractivity contribution < 1.29 is 4.42 Å². The maximum atomic E-state index is 5.98. The molecule has 0 radical (unpaired) electrons. The third-order valence-corrected chi connectivity index (χ3v) is 4.48. The molecule has 2 N–H and O–H groups in total. The Morgan fingerprint density at radius 2 is 1.93 bits per heavy atom. The zero-order valence-electron chi connectivity index (χ0n) is 15.2. The fourth-order valence-electron chi connectivity index (χ4n) is 3.09. The van der Waals surface area contributed by atoms with Gasteiger partial charge < -0.3 is 14.7 Å². The fourth-order valence-corrected chi connectivity index (χ4v) is 3.09. The van der Waals surface area contributed by atoms with Gasteiger partial charge in [-0.05, 0) is 61.0 Å². The molecule has 0 unspecified atom stereocenters. The molecule has 5 rings (SSSR count). The minimum atomic E-state index is 0.568. The monoisotopic (exact) mass is 367 g/mol. The highest BCUT2D eigenvalue weighted by atomic mass is 16.4. The summed E-state index contributed by atoms with van der Waals surface area (Å²) in [6.45, 7) is 2.03. The van der Waals surface area contributed by atoms with Crippen molar-refractivity contribution in [3.05, 3.63) is 78.8 Å². The van der Waals surface area contributed by atoms with Gasteiger partial charge in [-0.2, -0.15) is 0 Å². The zero-order chi connectivity index (χ0) is 18.9. The standard InChI is InChI=1S/C22H17N5O/c1-14-7-9-24-21(11-14)27-20-4-2-3-18(26-20)19-13-25-22(28-19)16-5-6-17-15(12-16)8-10-23-17/h2-13,23H,1H3,(H,24,26,27). The summed E-state index contributed by atoms with van der Waals surface area (Å²) in [7, 11) is 0. The third kappa shape index (κ3) is 3.12. The number of rotatable bonds is 4. The molecule has 0 saturated heterocycles. The largest absolute Gasteiger partial charge is 0.434 e. The van der Waals surface area contributed by atoms with Crippen LogP contribution in [0.2, 0.25) is 0 Å². The first-order valence-electron chi connectivity index (χ1n) is 8.95. The number of H-pyrrole nitrogens is 1. The zero-order valence-corrected chi connectivity index (χ0v) is 15.2. The molecule has 0 fully saturated rings. The number of hydrogen-bond donors (Lipinski definition) is 2. The fraction of sp³-hybridized carbons (Fsp3) is 0.0455. The number of fused-ring (bicyclic) bond motifs is 1. The smallest absolute Gasteiger partial charge is 0.226 e. The number of aromatic amines is 1. The van der Waals surface area contributed by atoms with Crippen LogP contribution >= 0.6 is 0 Å². The van der Waals surface area contributed by atoms with Crippen molar-refractivity contribution in [2.45, 2.75) is 6.92 Å². The van der Waals surface area contributed by atoms with Crippen molar-refractivity contribution in [3.63, 3.8) is 0 Å². The van der Waals surface area contributed by atoms with Gasteiger partial charge in [0, 0.05) is 28.9 Å². The maximum absolute atomic E-state index is 5.98. The van der Waals surface area contributed by atoms with Crippen molar-refractivity contribution in [2.24, 2.45) is 0 Å². The Balaban J connectivity index is 1.43. The van der Waals surface area contributed by atoms with Gasteiger partial charge in [0.1, 0.15) is 17.3 Å². The molecule has 4 heterocycles. The first-order chi connectivity index (χ1) is 13.7. The topological polar surface area (TPSA) is 79.6 Å². The Morgan fingerprint density at radius 1 is 0.964 bits per heavy atom. The van der Waals surface area contributed by atoms with E-state index in [9.17, 15) is 0 Å². The molecule has 5 aromatic rings. The quantitative estimate of drug-likeness (QED) is 0.449. The molecule has 136 valence electrons. The molecule has 0 amide bonds. The second-order valence-corrected chi connectivity index (χ2v) is 6.56. The van der Waals surface area contributed by atoms with Gasteiger partial charge in [0.15, 0.2) is 5.76 Å². The highest BCUT2D eigenvalue weighted by Crippen LogP contribution is 2.28. The van der Waals surface area contributed by atoms with Crippen LogP contribution in [0.3, 0.4) is 0 Å². The average Bonchev–Trinajstić information content (AvgIpc) is 3.37. The Kier molecular flexibility index (Phi) is 3.87. The highest BCUT2D eigenvalue weighted by Gasteiger charge is 2.11. The lowest BCUT2D eigenvalue weighted by atomic mass is 10.1.